The Morgan fingerprint density at radius 3 is 2.48 bits per heavy atom. The predicted molar refractivity (Wildman–Crippen MR) is 116 cm³/mol. The Bertz CT molecular complexity index is 893. The number of nitrogens with zero attached hydrogens (tertiary/aromatic N) is 1. The largest absolute Gasteiger partial charge is 0.493 e. The number of nitrogens with one attached hydrogen (secondary N) is 1. The highest BCUT2D eigenvalue weighted by Crippen LogP contribution is 2.29. The summed E-state index contributed by atoms with van der Waals surface area (Å²) in [6.07, 6.45) is 3.41. The van der Waals surface area contributed by atoms with Crippen LogP contribution in [0, 0.1) is 17.2 Å². The van der Waals surface area contributed by atoms with Gasteiger partial charge in [0.15, 0.2) is 11.5 Å². The van der Waals surface area contributed by atoms with Gasteiger partial charge in [-0.25, -0.2) is 0 Å². The molecule has 0 saturated heterocycles. The number of rotatable bonds is 9. The highest BCUT2D eigenvalue weighted by Gasteiger charge is 2.11. The molecule has 2 aromatic rings. The summed E-state index contributed by atoms with van der Waals surface area (Å²) in [6.45, 7) is 6.95. The quantitative estimate of drug-likeness (QED) is 0.469. The number of carbonyl (C=O) groups is 1. The number of anilines is 1. The second-order valence-corrected chi connectivity index (χ2v) is 7.12. The molecule has 0 heterocycles. The van der Waals surface area contributed by atoms with Crippen LogP contribution in [0.4, 0.5) is 5.69 Å². The Kier molecular flexibility index (Phi) is 8.29. The van der Waals surface area contributed by atoms with Gasteiger partial charge >= 0.3 is 0 Å². The zero-order valence-corrected chi connectivity index (χ0v) is 17.5. The summed E-state index contributed by atoms with van der Waals surface area (Å²) in [4.78, 5) is 12.5. The lowest BCUT2D eigenvalue weighted by Crippen LogP contribution is -2.13. The number of benzene rings is 2. The summed E-state index contributed by atoms with van der Waals surface area (Å²) in [5.41, 5.74) is 2.54. The zero-order valence-electron chi connectivity index (χ0n) is 17.5. The molecule has 152 valence electrons. The molecule has 0 aliphatic carbocycles. The molecule has 0 unspecified atom stereocenters. The fourth-order valence-corrected chi connectivity index (χ4v) is 2.64. The first-order chi connectivity index (χ1) is 14.0. The van der Waals surface area contributed by atoms with Gasteiger partial charge in [0.2, 0.25) is 0 Å². The molecule has 2 rings (SSSR count). The minimum Gasteiger partial charge on any atom is -0.493 e. The third-order valence-electron chi connectivity index (χ3n) is 4.44. The molecule has 29 heavy (non-hydrogen) atoms. The molecule has 5 nitrogen and oxygen atoms in total. The minimum atomic E-state index is -0.451. The topological polar surface area (TPSA) is 71.4 Å². The monoisotopic (exact) mass is 392 g/mol. The molecule has 2 aromatic carbocycles. The van der Waals surface area contributed by atoms with Crippen LogP contribution in [0.2, 0.25) is 0 Å². The standard InChI is InChI=1S/C24H28N2O3/c1-5-18-6-9-21(10-7-18)26-24(27)20(16-25)14-19-8-11-22(23(15-19)28-4)29-13-12-17(2)3/h6-11,14-15,17H,5,12-13H2,1-4H3,(H,26,27)/b20-14+. The lowest BCUT2D eigenvalue weighted by molar-refractivity contribution is -0.112. The molecule has 1 amide bonds. The van der Waals surface area contributed by atoms with Crippen molar-refractivity contribution in [2.75, 3.05) is 19.0 Å². The lowest BCUT2D eigenvalue weighted by atomic mass is 10.1. The van der Waals surface area contributed by atoms with E-state index in [-0.39, 0.29) is 5.57 Å². The zero-order chi connectivity index (χ0) is 21.2. The van der Waals surface area contributed by atoms with Crippen molar-refractivity contribution in [2.24, 2.45) is 5.92 Å². The van der Waals surface area contributed by atoms with Gasteiger partial charge in [-0.15, -0.1) is 0 Å². The smallest absolute Gasteiger partial charge is 0.266 e. The normalized spacial score (nSPS) is 11.1. The van der Waals surface area contributed by atoms with E-state index in [1.807, 2.05) is 30.3 Å². The van der Waals surface area contributed by atoms with Crippen molar-refractivity contribution in [3.63, 3.8) is 0 Å². The van der Waals surface area contributed by atoms with Crippen LogP contribution in [0.1, 0.15) is 38.3 Å². The van der Waals surface area contributed by atoms with E-state index in [0.717, 1.165) is 12.8 Å². The van der Waals surface area contributed by atoms with Gasteiger partial charge in [0.05, 0.1) is 13.7 Å². The van der Waals surface area contributed by atoms with Crippen molar-refractivity contribution in [3.05, 3.63) is 59.2 Å². The molecular formula is C24H28N2O3. The second kappa shape index (κ2) is 10.9. The average Bonchev–Trinajstić information content (AvgIpc) is 2.72. The van der Waals surface area contributed by atoms with Crippen molar-refractivity contribution in [3.8, 4) is 17.6 Å². The fraction of sp³-hybridized carbons (Fsp3) is 0.333. The summed E-state index contributed by atoms with van der Waals surface area (Å²) in [5.74, 6) is 1.31. The van der Waals surface area contributed by atoms with E-state index in [9.17, 15) is 10.1 Å². The second-order valence-electron chi connectivity index (χ2n) is 7.12. The fourth-order valence-electron chi connectivity index (χ4n) is 2.64. The van der Waals surface area contributed by atoms with Gasteiger partial charge in [0.1, 0.15) is 11.6 Å². The number of hydrogen-bond acceptors (Lipinski definition) is 4. The third-order valence-corrected chi connectivity index (χ3v) is 4.44. The summed E-state index contributed by atoms with van der Waals surface area (Å²) in [5, 5.41) is 12.2. The summed E-state index contributed by atoms with van der Waals surface area (Å²) in [6, 6.07) is 14.9. The highest BCUT2D eigenvalue weighted by molar-refractivity contribution is 6.09. The van der Waals surface area contributed by atoms with E-state index in [0.29, 0.717) is 35.3 Å². The number of nitriles is 1. The molecule has 0 spiro atoms. The maximum Gasteiger partial charge on any atom is 0.266 e. The average molecular weight is 392 g/mol. The van der Waals surface area contributed by atoms with E-state index in [1.165, 1.54) is 11.6 Å². The summed E-state index contributed by atoms with van der Waals surface area (Å²) >= 11 is 0. The van der Waals surface area contributed by atoms with Crippen molar-refractivity contribution in [1.29, 1.82) is 5.26 Å². The van der Waals surface area contributed by atoms with Crippen LogP contribution >= 0.6 is 0 Å². The van der Waals surface area contributed by atoms with Gasteiger partial charge in [-0.3, -0.25) is 4.79 Å². The first-order valence-electron chi connectivity index (χ1n) is 9.79. The third kappa shape index (κ3) is 6.69. The maximum atomic E-state index is 12.5. The van der Waals surface area contributed by atoms with Crippen molar-refractivity contribution in [2.45, 2.75) is 33.6 Å². The number of ether oxygens (including phenoxy) is 2. The van der Waals surface area contributed by atoms with E-state index < -0.39 is 5.91 Å². The van der Waals surface area contributed by atoms with E-state index >= 15 is 0 Å². The van der Waals surface area contributed by atoms with Gasteiger partial charge < -0.3 is 14.8 Å². The van der Waals surface area contributed by atoms with Gasteiger partial charge in [-0.2, -0.15) is 5.26 Å². The number of methoxy groups -OCH3 is 1. The molecule has 0 fully saturated rings. The number of amides is 1. The van der Waals surface area contributed by atoms with Crippen LogP contribution in [0.25, 0.3) is 6.08 Å². The molecule has 0 bridgehead atoms. The lowest BCUT2D eigenvalue weighted by Gasteiger charge is -2.12. The number of hydrogen-bond donors (Lipinski definition) is 1. The molecule has 0 aliphatic heterocycles. The molecule has 0 aliphatic rings. The summed E-state index contributed by atoms with van der Waals surface area (Å²) in [7, 11) is 1.57. The van der Waals surface area contributed by atoms with Crippen molar-refractivity contribution >= 4 is 17.7 Å². The number of aryl methyl sites for hydroxylation is 1. The highest BCUT2D eigenvalue weighted by atomic mass is 16.5. The molecular weight excluding hydrogens is 364 g/mol. The van der Waals surface area contributed by atoms with E-state index in [1.54, 1.807) is 25.3 Å². The van der Waals surface area contributed by atoms with Crippen LogP contribution in [0.5, 0.6) is 11.5 Å². The van der Waals surface area contributed by atoms with Crippen molar-refractivity contribution < 1.29 is 14.3 Å². The Morgan fingerprint density at radius 2 is 1.90 bits per heavy atom. The van der Waals surface area contributed by atoms with Gasteiger partial charge in [-0.05, 0) is 60.2 Å². The molecule has 0 saturated carbocycles. The van der Waals surface area contributed by atoms with Crippen LogP contribution in [0.15, 0.2) is 48.0 Å². The van der Waals surface area contributed by atoms with Crippen LogP contribution in [0.3, 0.4) is 0 Å². The van der Waals surface area contributed by atoms with Crippen LogP contribution < -0.4 is 14.8 Å². The summed E-state index contributed by atoms with van der Waals surface area (Å²) < 4.78 is 11.2. The minimum absolute atomic E-state index is 0.0140. The molecule has 5 heteroatoms. The SMILES string of the molecule is CCc1ccc(NC(=O)/C(C#N)=C/c2ccc(OCCC(C)C)c(OC)c2)cc1. The predicted octanol–water partition coefficient (Wildman–Crippen LogP) is 5.23. The Balaban J connectivity index is 2.14. The molecule has 0 atom stereocenters. The van der Waals surface area contributed by atoms with E-state index in [2.05, 4.69) is 26.1 Å². The molecule has 1 N–H and O–H groups in total. The molecule has 0 radical (unpaired) electrons. The first kappa shape index (κ1) is 22.0. The Hall–Kier alpha value is -3.26. The molecule has 0 aromatic heterocycles. The van der Waals surface area contributed by atoms with E-state index in [4.69, 9.17) is 9.47 Å². The first-order valence-corrected chi connectivity index (χ1v) is 9.79. The van der Waals surface area contributed by atoms with Crippen molar-refractivity contribution in [1.82, 2.24) is 0 Å². The van der Waals surface area contributed by atoms with Gasteiger partial charge in [0, 0.05) is 5.69 Å². The van der Waals surface area contributed by atoms with Crippen LogP contribution in [-0.4, -0.2) is 19.6 Å². The Labute approximate surface area is 173 Å². The van der Waals surface area contributed by atoms with Gasteiger partial charge in [0.25, 0.3) is 5.91 Å². The van der Waals surface area contributed by atoms with Crippen LogP contribution in [-0.2, 0) is 11.2 Å². The number of carbonyl (C=O) groups excluding carboxylic acids is 1. The Morgan fingerprint density at radius 1 is 1.17 bits per heavy atom. The maximum absolute atomic E-state index is 12.5. The van der Waals surface area contributed by atoms with Gasteiger partial charge in [-0.1, -0.05) is 39.0 Å².